The number of hydrogen-bond acceptors (Lipinski definition) is 4. The van der Waals surface area contributed by atoms with Gasteiger partial charge in [0, 0.05) is 30.7 Å². The summed E-state index contributed by atoms with van der Waals surface area (Å²) in [5.74, 6) is 0.407. The Morgan fingerprint density at radius 1 is 0.931 bits per heavy atom. The summed E-state index contributed by atoms with van der Waals surface area (Å²) in [4.78, 5) is 10.9. The van der Waals surface area contributed by atoms with Gasteiger partial charge in [-0.1, -0.05) is 36.4 Å². The van der Waals surface area contributed by atoms with E-state index in [1.807, 2.05) is 30.3 Å². The molecule has 0 fully saturated rings. The Kier molecular flexibility index (Phi) is 6.54. The van der Waals surface area contributed by atoms with Gasteiger partial charge in [0.1, 0.15) is 23.4 Å². The Labute approximate surface area is 168 Å². The van der Waals surface area contributed by atoms with Crippen molar-refractivity contribution in [1.82, 2.24) is 0 Å². The second-order valence-electron chi connectivity index (χ2n) is 6.51. The van der Waals surface area contributed by atoms with E-state index in [2.05, 4.69) is 4.74 Å². The summed E-state index contributed by atoms with van der Waals surface area (Å²) in [7, 11) is 3.25. The zero-order valence-corrected chi connectivity index (χ0v) is 16.3. The lowest BCUT2D eigenvalue weighted by Crippen LogP contribution is -1.92. The first-order valence-electron chi connectivity index (χ1n) is 9.07. The van der Waals surface area contributed by atoms with E-state index in [9.17, 15) is 9.18 Å². The lowest BCUT2D eigenvalue weighted by Gasteiger charge is -2.08. The topological polar surface area (TPSA) is 65.5 Å². The van der Waals surface area contributed by atoms with Gasteiger partial charge in [0.2, 0.25) is 0 Å². The molecule has 0 aliphatic rings. The van der Waals surface area contributed by atoms with E-state index in [1.54, 1.807) is 38.5 Å². The first-order valence-corrected chi connectivity index (χ1v) is 9.07. The first-order chi connectivity index (χ1) is 14.1. The van der Waals surface area contributed by atoms with Crippen LogP contribution in [0.2, 0.25) is 0 Å². The minimum atomic E-state index is -0.285. The number of nitrogens with two attached hydrogens (primary N) is 1. The van der Waals surface area contributed by atoms with Gasteiger partial charge in [-0.25, -0.2) is 4.39 Å². The van der Waals surface area contributed by atoms with Gasteiger partial charge in [-0.2, -0.15) is 0 Å². The Morgan fingerprint density at radius 2 is 1.55 bits per heavy atom. The lowest BCUT2D eigenvalue weighted by molar-refractivity contribution is 0.112. The maximum atomic E-state index is 13.3. The number of halogens is 1. The quantitative estimate of drug-likeness (QED) is 0.471. The van der Waals surface area contributed by atoms with Crippen molar-refractivity contribution in [3.05, 3.63) is 83.9 Å². The van der Waals surface area contributed by atoms with Crippen molar-refractivity contribution in [1.29, 1.82) is 0 Å². The lowest BCUT2D eigenvalue weighted by atomic mass is 9.96. The minimum absolute atomic E-state index is 0.285. The van der Waals surface area contributed by atoms with Crippen molar-refractivity contribution < 1.29 is 18.3 Å². The molecule has 1 aromatic heterocycles. The molecule has 5 heteroatoms. The monoisotopic (exact) mass is 391 g/mol. The molecule has 0 amide bonds. The van der Waals surface area contributed by atoms with Crippen LogP contribution in [0.5, 0.6) is 0 Å². The van der Waals surface area contributed by atoms with E-state index in [1.165, 1.54) is 12.1 Å². The van der Waals surface area contributed by atoms with Gasteiger partial charge in [-0.05, 0) is 47.0 Å². The zero-order chi connectivity index (χ0) is 20.8. The largest absolute Gasteiger partial charge is 0.459 e. The third kappa shape index (κ3) is 4.59. The Bertz CT molecular complexity index is 1100. The van der Waals surface area contributed by atoms with Gasteiger partial charge in [-0.15, -0.1) is 0 Å². The normalized spacial score (nSPS) is 10.5. The maximum Gasteiger partial charge on any atom is 0.150 e. The molecule has 0 atom stereocenters. The Balaban J connectivity index is 0.000000755. The molecule has 0 aliphatic heterocycles. The summed E-state index contributed by atoms with van der Waals surface area (Å²) in [6, 6.07) is 19.7. The molecule has 0 spiro atoms. The van der Waals surface area contributed by atoms with Crippen LogP contribution in [0.3, 0.4) is 0 Å². The zero-order valence-electron chi connectivity index (χ0n) is 16.3. The smallest absolute Gasteiger partial charge is 0.150 e. The third-order valence-corrected chi connectivity index (χ3v) is 4.40. The number of aldehydes is 1. The number of fused-ring (bicyclic) bond motifs is 1. The Morgan fingerprint density at radius 3 is 2.14 bits per heavy atom. The molecule has 0 bridgehead atoms. The summed E-state index contributed by atoms with van der Waals surface area (Å²) < 4.78 is 23.5. The molecular weight excluding hydrogens is 369 g/mol. The van der Waals surface area contributed by atoms with Crippen molar-refractivity contribution >= 4 is 17.3 Å². The molecule has 0 saturated carbocycles. The van der Waals surface area contributed by atoms with Crippen molar-refractivity contribution in [2.24, 2.45) is 5.73 Å². The van der Waals surface area contributed by atoms with Crippen LogP contribution >= 0.6 is 0 Å². The fourth-order valence-corrected chi connectivity index (χ4v) is 3.07. The van der Waals surface area contributed by atoms with E-state index < -0.39 is 0 Å². The van der Waals surface area contributed by atoms with Crippen LogP contribution in [0.1, 0.15) is 16.1 Å². The number of methoxy groups -OCH3 is 1. The van der Waals surface area contributed by atoms with Crippen molar-refractivity contribution in [3.8, 4) is 22.3 Å². The molecule has 2 N–H and O–H groups in total. The van der Waals surface area contributed by atoms with Gasteiger partial charge >= 0.3 is 0 Å². The molecule has 29 heavy (non-hydrogen) atoms. The molecule has 0 radical (unpaired) electrons. The van der Waals surface area contributed by atoms with Gasteiger partial charge in [0.15, 0.2) is 0 Å². The second-order valence-corrected chi connectivity index (χ2v) is 6.51. The highest BCUT2D eigenvalue weighted by atomic mass is 19.1. The molecule has 4 aromatic rings. The van der Waals surface area contributed by atoms with Crippen LogP contribution in [0, 0.1) is 5.82 Å². The molecule has 1 heterocycles. The predicted molar refractivity (Wildman–Crippen MR) is 113 cm³/mol. The molecular formula is C24H22FNO3. The Hall–Kier alpha value is -3.28. The maximum absolute atomic E-state index is 13.3. The SMILES string of the molecule is COC.NCc1cc2cc(-c3ccc(C=O)cc3)cc(-c3ccc(F)cc3)c2o1. The average Bonchev–Trinajstić information content (AvgIpc) is 3.18. The predicted octanol–water partition coefficient (Wildman–Crippen LogP) is 5.44. The van der Waals surface area contributed by atoms with Crippen LogP contribution in [-0.4, -0.2) is 20.5 Å². The number of carbonyl (C=O) groups is 1. The molecule has 3 aromatic carbocycles. The highest BCUT2D eigenvalue weighted by Gasteiger charge is 2.13. The van der Waals surface area contributed by atoms with Crippen molar-refractivity contribution in [2.75, 3.05) is 14.2 Å². The van der Waals surface area contributed by atoms with Crippen LogP contribution in [-0.2, 0) is 11.3 Å². The average molecular weight is 391 g/mol. The van der Waals surface area contributed by atoms with E-state index in [0.29, 0.717) is 17.9 Å². The van der Waals surface area contributed by atoms with E-state index >= 15 is 0 Å². The van der Waals surface area contributed by atoms with Gasteiger partial charge in [0.05, 0.1) is 6.54 Å². The van der Waals surface area contributed by atoms with Crippen molar-refractivity contribution in [2.45, 2.75) is 6.54 Å². The van der Waals surface area contributed by atoms with Gasteiger partial charge in [0.25, 0.3) is 0 Å². The number of rotatable bonds is 4. The van der Waals surface area contributed by atoms with Crippen molar-refractivity contribution in [3.63, 3.8) is 0 Å². The van der Waals surface area contributed by atoms with Crippen LogP contribution in [0.4, 0.5) is 4.39 Å². The standard InChI is InChI=1S/C22H16FNO2.C2H6O/c23-19-7-5-16(6-8-19)21-11-17(15-3-1-14(13-25)2-4-15)9-18-10-20(12-24)26-22(18)21;1-3-2/h1-11,13H,12,24H2;1-2H3. The molecule has 4 rings (SSSR count). The van der Waals surface area contributed by atoms with Gasteiger partial charge in [-0.3, -0.25) is 4.79 Å². The molecule has 0 saturated heterocycles. The van der Waals surface area contributed by atoms with Crippen LogP contribution < -0.4 is 5.73 Å². The highest BCUT2D eigenvalue weighted by molar-refractivity contribution is 5.97. The number of hydrogen-bond donors (Lipinski definition) is 1. The summed E-state index contributed by atoms with van der Waals surface area (Å²) in [5.41, 5.74) is 10.8. The fraction of sp³-hybridized carbons (Fsp3) is 0.125. The number of carbonyl (C=O) groups excluding carboxylic acids is 1. The first kappa shape index (κ1) is 20.5. The highest BCUT2D eigenvalue weighted by Crippen LogP contribution is 2.36. The van der Waals surface area contributed by atoms with E-state index in [-0.39, 0.29) is 5.82 Å². The second kappa shape index (κ2) is 9.28. The van der Waals surface area contributed by atoms with Gasteiger partial charge < -0.3 is 14.9 Å². The summed E-state index contributed by atoms with van der Waals surface area (Å²) in [6.45, 7) is 0.306. The summed E-state index contributed by atoms with van der Waals surface area (Å²) >= 11 is 0. The fourth-order valence-electron chi connectivity index (χ4n) is 3.07. The molecule has 4 nitrogen and oxygen atoms in total. The number of benzene rings is 3. The minimum Gasteiger partial charge on any atom is -0.459 e. The molecule has 0 unspecified atom stereocenters. The third-order valence-electron chi connectivity index (χ3n) is 4.40. The summed E-state index contributed by atoms with van der Waals surface area (Å²) in [6.07, 6.45) is 0.820. The van der Waals surface area contributed by atoms with Crippen LogP contribution in [0.25, 0.3) is 33.2 Å². The molecule has 148 valence electrons. The van der Waals surface area contributed by atoms with Crippen LogP contribution in [0.15, 0.2) is 71.1 Å². The van der Waals surface area contributed by atoms with E-state index in [4.69, 9.17) is 10.2 Å². The summed E-state index contributed by atoms with van der Waals surface area (Å²) in [5, 5.41) is 0.932. The molecule has 0 aliphatic carbocycles. The number of ether oxygens (including phenoxy) is 1. The van der Waals surface area contributed by atoms with E-state index in [0.717, 1.165) is 39.5 Å². The number of furan rings is 1.